The largest absolute Gasteiger partial charge is 0.398 e. The Bertz CT molecular complexity index is 330. The van der Waals surface area contributed by atoms with E-state index < -0.39 is 0 Å². The van der Waals surface area contributed by atoms with Crippen molar-refractivity contribution in [2.75, 3.05) is 19.5 Å². The standard InChI is InChI=1S/C10H16N2O2S/c1-6(5-14-3)12-10(13)9-4-8(11)7(2)15-9/h4,6H,5,11H2,1-3H3,(H,12,13). The smallest absolute Gasteiger partial charge is 0.261 e. The Morgan fingerprint density at radius 2 is 2.40 bits per heavy atom. The number of methoxy groups -OCH3 is 1. The minimum atomic E-state index is -0.0932. The van der Waals surface area contributed by atoms with Crippen LogP contribution in [0.25, 0.3) is 0 Å². The maximum absolute atomic E-state index is 11.7. The van der Waals surface area contributed by atoms with Gasteiger partial charge in [0.15, 0.2) is 0 Å². The van der Waals surface area contributed by atoms with Gasteiger partial charge in [-0.05, 0) is 19.9 Å². The van der Waals surface area contributed by atoms with Crippen LogP contribution in [0.3, 0.4) is 0 Å². The molecule has 0 saturated heterocycles. The van der Waals surface area contributed by atoms with E-state index in [0.29, 0.717) is 17.2 Å². The number of thiophene rings is 1. The molecule has 0 aliphatic rings. The van der Waals surface area contributed by atoms with Gasteiger partial charge in [0.1, 0.15) is 0 Å². The molecule has 1 rings (SSSR count). The molecule has 1 atom stereocenters. The molecule has 1 unspecified atom stereocenters. The first kappa shape index (κ1) is 12.0. The Kier molecular flexibility index (Phi) is 4.11. The third kappa shape index (κ3) is 3.21. The number of carbonyl (C=O) groups excluding carboxylic acids is 1. The SMILES string of the molecule is COCC(C)NC(=O)c1cc(N)c(C)s1. The van der Waals surface area contributed by atoms with Gasteiger partial charge in [-0.15, -0.1) is 11.3 Å². The number of aryl methyl sites for hydroxylation is 1. The number of nitrogens with one attached hydrogen (secondary N) is 1. The highest BCUT2D eigenvalue weighted by Crippen LogP contribution is 2.23. The first-order valence-corrected chi connectivity index (χ1v) is 5.52. The van der Waals surface area contributed by atoms with Gasteiger partial charge in [-0.1, -0.05) is 0 Å². The van der Waals surface area contributed by atoms with Crippen LogP contribution >= 0.6 is 11.3 Å². The zero-order chi connectivity index (χ0) is 11.4. The minimum Gasteiger partial charge on any atom is -0.398 e. The minimum absolute atomic E-state index is 0.00568. The molecule has 0 aromatic carbocycles. The number of hydrogen-bond donors (Lipinski definition) is 2. The summed E-state index contributed by atoms with van der Waals surface area (Å²) in [6.45, 7) is 4.30. The van der Waals surface area contributed by atoms with E-state index in [1.165, 1.54) is 11.3 Å². The molecule has 1 aromatic rings. The number of hydrogen-bond acceptors (Lipinski definition) is 4. The zero-order valence-corrected chi connectivity index (χ0v) is 9.98. The lowest BCUT2D eigenvalue weighted by Gasteiger charge is -2.11. The fourth-order valence-corrected chi connectivity index (χ4v) is 2.04. The van der Waals surface area contributed by atoms with Crippen molar-refractivity contribution in [1.29, 1.82) is 0 Å². The van der Waals surface area contributed by atoms with Gasteiger partial charge in [-0.25, -0.2) is 0 Å². The molecule has 0 fully saturated rings. The topological polar surface area (TPSA) is 64.3 Å². The normalized spacial score (nSPS) is 12.5. The van der Waals surface area contributed by atoms with Crippen molar-refractivity contribution in [2.24, 2.45) is 0 Å². The van der Waals surface area contributed by atoms with E-state index in [9.17, 15) is 4.79 Å². The van der Waals surface area contributed by atoms with Crippen molar-refractivity contribution >= 4 is 22.9 Å². The predicted octanol–water partition coefficient (Wildman–Crippen LogP) is 1.40. The van der Waals surface area contributed by atoms with Gasteiger partial charge in [0.25, 0.3) is 5.91 Å². The highest BCUT2D eigenvalue weighted by atomic mass is 32.1. The summed E-state index contributed by atoms with van der Waals surface area (Å²) in [7, 11) is 1.61. The van der Waals surface area contributed by atoms with Gasteiger partial charge in [0, 0.05) is 23.7 Å². The highest BCUT2D eigenvalue weighted by molar-refractivity contribution is 7.14. The van der Waals surface area contributed by atoms with Crippen LogP contribution in [0.15, 0.2) is 6.07 Å². The van der Waals surface area contributed by atoms with E-state index in [1.807, 2.05) is 13.8 Å². The first-order valence-electron chi connectivity index (χ1n) is 4.70. The molecule has 84 valence electrons. The van der Waals surface area contributed by atoms with Crippen LogP contribution in [0, 0.1) is 6.92 Å². The molecule has 0 bridgehead atoms. The summed E-state index contributed by atoms with van der Waals surface area (Å²) in [6.07, 6.45) is 0. The Morgan fingerprint density at radius 1 is 1.73 bits per heavy atom. The third-order valence-corrected chi connectivity index (χ3v) is 3.04. The molecule has 0 saturated carbocycles. The Balaban J connectivity index is 2.61. The molecular formula is C10H16N2O2S. The van der Waals surface area contributed by atoms with Crippen molar-refractivity contribution in [3.8, 4) is 0 Å². The number of carbonyl (C=O) groups is 1. The molecule has 0 aliphatic heterocycles. The molecule has 3 N–H and O–H groups in total. The van der Waals surface area contributed by atoms with Crippen molar-refractivity contribution in [2.45, 2.75) is 19.9 Å². The highest BCUT2D eigenvalue weighted by Gasteiger charge is 2.13. The summed E-state index contributed by atoms with van der Waals surface area (Å²) >= 11 is 1.40. The Hall–Kier alpha value is -1.07. The molecule has 15 heavy (non-hydrogen) atoms. The van der Waals surface area contributed by atoms with Gasteiger partial charge in [-0.3, -0.25) is 4.79 Å². The van der Waals surface area contributed by atoms with E-state index in [-0.39, 0.29) is 11.9 Å². The van der Waals surface area contributed by atoms with Gasteiger partial charge in [0.05, 0.1) is 11.5 Å². The van der Waals surface area contributed by atoms with Crippen LogP contribution < -0.4 is 11.1 Å². The maximum atomic E-state index is 11.7. The number of ether oxygens (including phenoxy) is 1. The molecular weight excluding hydrogens is 212 g/mol. The lowest BCUT2D eigenvalue weighted by atomic mass is 10.3. The van der Waals surface area contributed by atoms with Crippen molar-refractivity contribution in [3.05, 3.63) is 15.8 Å². The van der Waals surface area contributed by atoms with Crippen LogP contribution in [0.4, 0.5) is 5.69 Å². The van der Waals surface area contributed by atoms with Crippen molar-refractivity contribution in [1.82, 2.24) is 5.32 Å². The van der Waals surface area contributed by atoms with E-state index >= 15 is 0 Å². The van der Waals surface area contributed by atoms with Crippen molar-refractivity contribution in [3.63, 3.8) is 0 Å². The fourth-order valence-electron chi connectivity index (χ4n) is 1.19. The van der Waals surface area contributed by atoms with E-state index in [4.69, 9.17) is 10.5 Å². The number of nitrogen functional groups attached to an aromatic ring is 1. The number of anilines is 1. The van der Waals surface area contributed by atoms with Crippen LogP contribution in [-0.4, -0.2) is 25.7 Å². The Morgan fingerprint density at radius 3 is 2.87 bits per heavy atom. The number of amides is 1. The maximum Gasteiger partial charge on any atom is 0.261 e. The van der Waals surface area contributed by atoms with Crippen LogP contribution in [0.5, 0.6) is 0 Å². The summed E-state index contributed by atoms with van der Waals surface area (Å²) in [6, 6.07) is 1.71. The summed E-state index contributed by atoms with van der Waals surface area (Å²) in [4.78, 5) is 13.3. The van der Waals surface area contributed by atoms with E-state index in [0.717, 1.165) is 4.88 Å². The molecule has 1 aromatic heterocycles. The molecule has 5 heteroatoms. The van der Waals surface area contributed by atoms with Crippen LogP contribution in [0.2, 0.25) is 0 Å². The molecule has 0 radical (unpaired) electrons. The summed E-state index contributed by atoms with van der Waals surface area (Å²) < 4.78 is 4.93. The molecule has 0 aliphatic carbocycles. The molecule has 0 spiro atoms. The quantitative estimate of drug-likeness (QED) is 0.818. The number of rotatable bonds is 4. The van der Waals surface area contributed by atoms with Crippen LogP contribution in [-0.2, 0) is 4.74 Å². The molecule has 1 heterocycles. The fraction of sp³-hybridized carbons (Fsp3) is 0.500. The van der Waals surface area contributed by atoms with E-state index in [2.05, 4.69) is 5.32 Å². The average molecular weight is 228 g/mol. The monoisotopic (exact) mass is 228 g/mol. The van der Waals surface area contributed by atoms with E-state index in [1.54, 1.807) is 13.2 Å². The second-order valence-corrected chi connectivity index (χ2v) is 4.71. The summed E-state index contributed by atoms with van der Waals surface area (Å²) in [5, 5.41) is 2.83. The molecule has 1 amide bonds. The average Bonchev–Trinajstić information content (AvgIpc) is 2.47. The van der Waals surface area contributed by atoms with Crippen LogP contribution in [0.1, 0.15) is 21.5 Å². The Labute approximate surface area is 93.4 Å². The summed E-state index contributed by atoms with van der Waals surface area (Å²) in [5.74, 6) is -0.0932. The lowest BCUT2D eigenvalue weighted by molar-refractivity contribution is 0.0909. The number of nitrogens with two attached hydrogens (primary N) is 1. The van der Waals surface area contributed by atoms with Gasteiger partial charge in [0.2, 0.25) is 0 Å². The van der Waals surface area contributed by atoms with Gasteiger partial charge < -0.3 is 15.8 Å². The lowest BCUT2D eigenvalue weighted by Crippen LogP contribution is -2.35. The van der Waals surface area contributed by atoms with Gasteiger partial charge in [-0.2, -0.15) is 0 Å². The second kappa shape index (κ2) is 5.14. The van der Waals surface area contributed by atoms with Gasteiger partial charge >= 0.3 is 0 Å². The van der Waals surface area contributed by atoms with Crippen molar-refractivity contribution < 1.29 is 9.53 Å². The third-order valence-electron chi connectivity index (χ3n) is 1.97. The predicted molar refractivity (Wildman–Crippen MR) is 62.3 cm³/mol. The molecule has 4 nitrogen and oxygen atoms in total. The first-order chi connectivity index (χ1) is 7.04. The second-order valence-electron chi connectivity index (χ2n) is 3.45. The summed E-state index contributed by atoms with van der Waals surface area (Å²) in [5.41, 5.74) is 6.34. The zero-order valence-electron chi connectivity index (χ0n) is 9.16.